The number of aliphatic hydroxyl groups is 1. The number of ether oxygens (including phenoxy) is 1. The molecule has 0 heterocycles. The number of amides is 2. The number of halogens is 1. The first-order valence-electron chi connectivity index (χ1n) is 11.6. The van der Waals surface area contributed by atoms with Crippen LogP contribution >= 0.6 is 11.6 Å². The van der Waals surface area contributed by atoms with Gasteiger partial charge in [-0.25, -0.2) is 4.79 Å². The minimum Gasteiger partial charge on any atom is -0.465 e. The Morgan fingerprint density at radius 2 is 1.78 bits per heavy atom. The first-order valence-corrected chi connectivity index (χ1v) is 12.0. The van der Waals surface area contributed by atoms with Gasteiger partial charge in [-0.2, -0.15) is 0 Å². The van der Waals surface area contributed by atoms with Crippen molar-refractivity contribution < 1.29 is 24.5 Å². The van der Waals surface area contributed by atoms with E-state index in [1.807, 2.05) is 0 Å². The van der Waals surface area contributed by atoms with E-state index in [0.29, 0.717) is 10.6 Å². The zero-order valence-corrected chi connectivity index (χ0v) is 19.1. The summed E-state index contributed by atoms with van der Waals surface area (Å²) in [5.41, 5.74) is 1.52. The molecule has 1 aromatic carbocycles. The van der Waals surface area contributed by atoms with Crippen molar-refractivity contribution in [3.63, 3.8) is 0 Å². The lowest BCUT2D eigenvalue weighted by atomic mass is 9.49. The SMILES string of the molecule is O=C(NCC12CC3CC(CC(C3)C1)C2)c1cc(COCCN(CCO)C(=O)O)ccc1Cl. The number of benzene rings is 1. The van der Waals surface area contributed by atoms with E-state index < -0.39 is 6.09 Å². The fourth-order valence-corrected chi connectivity index (χ4v) is 6.70. The van der Waals surface area contributed by atoms with Gasteiger partial charge in [0.1, 0.15) is 0 Å². The highest BCUT2D eigenvalue weighted by atomic mass is 35.5. The van der Waals surface area contributed by atoms with Gasteiger partial charge in [-0.05, 0) is 79.4 Å². The summed E-state index contributed by atoms with van der Waals surface area (Å²) in [4.78, 5) is 25.1. The molecular weight excluding hydrogens is 432 g/mol. The zero-order chi connectivity index (χ0) is 22.7. The van der Waals surface area contributed by atoms with E-state index in [0.717, 1.165) is 34.8 Å². The lowest BCUT2D eigenvalue weighted by molar-refractivity contribution is -0.0503. The summed E-state index contributed by atoms with van der Waals surface area (Å²) in [6.07, 6.45) is 6.77. The number of nitrogens with zero attached hydrogens (tertiary/aromatic N) is 1. The lowest BCUT2D eigenvalue weighted by Crippen LogP contribution is -2.51. The summed E-state index contributed by atoms with van der Waals surface area (Å²) >= 11 is 6.32. The van der Waals surface area contributed by atoms with Crippen LogP contribution in [0.5, 0.6) is 0 Å². The van der Waals surface area contributed by atoms with E-state index in [1.165, 1.54) is 38.5 Å². The van der Waals surface area contributed by atoms with Crippen molar-refractivity contribution in [3.05, 3.63) is 34.3 Å². The van der Waals surface area contributed by atoms with Gasteiger partial charge in [0.2, 0.25) is 0 Å². The van der Waals surface area contributed by atoms with Crippen LogP contribution in [0.2, 0.25) is 5.02 Å². The molecule has 4 bridgehead atoms. The smallest absolute Gasteiger partial charge is 0.407 e. The molecule has 0 spiro atoms. The Bertz CT molecular complexity index is 810. The van der Waals surface area contributed by atoms with Gasteiger partial charge in [0.05, 0.1) is 30.4 Å². The van der Waals surface area contributed by atoms with Crippen molar-refractivity contribution in [3.8, 4) is 0 Å². The molecule has 1 aromatic rings. The second-order valence-electron chi connectivity index (χ2n) is 9.96. The highest BCUT2D eigenvalue weighted by molar-refractivity contribution is 6.33. The third-order valence-electron chi connectivity index (χ3n) is 7.48. The van der Waals surface area contributed by atoms with Crippen molar-refractivity contribution in [2.75, 3.05) is 32.8 Å². The molecule has 7 nitrogen and oxygen atoms in total. The third-order valence-corrected chi connectivity index (χ3v) is 7.81. The monoisotopic (exact) mass is 464 g/mol. The minimum absolute atomic E-state index is 0.0493. The Morgan fingerprint density at radius 1 is 1.12 bits per heavy atom. The normalized spacial score (nSPS) is 28.0. The van der Waals surface area contributed by atoms with E-state index in [2.05, 4.69) is 5.32 Å². The van der Waals surface area contributed by atoms with Crippen LogP contribution in [0.3, 0.4) is 0 Å². The molecule has 0 radical (unpaired) electrons. The number of rotatable bonds is 10. The molecular formula is C24H33ClN2O5. The predicted molar refractivity (Wildman–Crippen MR) is 121 cm³/mol. The summed E-state index contributed by atoms with van der Waals surface area (Å²) in [6.45, 7) is 1.16. The van der Waals surface area contributed by atoms with Gasteiger partial charge in [-0.15, -0.1) is 0 Å². The average Bonchev–Trinajstić information content (AvgIpc) is 2.74. The molecule has 4 saturated carbocycles. The van der Waals surface area contributed by atoms with Crippen molar-refractivity contribution >= 4 is 23.6 Å². The number of hydrogen-bond donors (Lipinski definition) is 3. The Balaban J connectivity index is 1.29. The number of carbonyl (C=O) groups is 2. The molecule has 0 saturated heterocycles. The number of carbonyl (C=O) groups excluding carboxylic acids is 1. The van der Waals surface area contributed by atoms with Crippen LogP contribution < -0.4 is 5.32 Å². The van der Waals surface area contributed by atoms with Crippen LogP contribution in [0.15, 0.2) is 18.2 Å². The number of carboxylic acid groups (broad SMARTS) is 1. The van der Waals surface area contributed by atoms with Gasteiger partial charge in [-0.3, -0.25) is 4.79 Å². The van der Waals surface area contributed by atoms with Gasteiger partial charge in [0.15, 0.2) is 0 Å². The molecule has 176 valence electrons. The maximum absolute atomic E-state index is 12.9. The number of hydrogen-bond acceptors (Lipinski definition) is 4. The molecule has 0 unspecified atom stereocenters. The summed E-state index contributed by atoms with van der Waals surface area (Å²) in [5.74, 6) is 2.39. The maximum atomic E-state index is 12.9. The van der Waals surface area contributed by atoms with Gasteiger partial charge >= 0.3 is 6.09 Å². The Labute approximate surface area is 194 Å². The molecule has 32 heavy (non-hydrogen) atoms. The first kappa shape index (κ1) is 23.3. The topological polar surface area (TPSA) is 99.1 Å². The summed E-state index contributed by atoms with van der Waals surface area (Å²) in [6, 6.07) is 5.26. The van der Waals surface area contributed by atoms with Gasteiger partial charge in [-0.1, -0.05) is 17.7 Å². The maximum Gasteiger partial charge on any atom is 0.407 e. The van der Waals surface area contributed by atoms with Crippen molar-refractivity contribution in [2.24, 2.45) is 23.2 Å². The van der Waals surface area contributed by atoms with Crippen molar-refractivity contribution in [1.29, 1.82) is 0 Å². The van der Waals surface area contributed by atoms with Crippen LogP contribution in [0.1, 0.15) is 54.4 Å². The molecule has 2 amide bonds. The van der Waals surface area contributed by atoms with E-state index in [4.69, 9.17) is 26.6 Å². The number of nitrogens with one attached hydrogen (secondary N) is 1. The van der Waals surface area contributed by atoms with Crippen LogP contribution in [0, 0.1) is 23.2 Å². The Kier molecular flexibility index (Phi) is 7.27. The summed E-state index contributed by atoms with van der Waals surface area (Å²) in [5, 5.41) is 21.6. The lowest BCUT2D eigenvalue weighted by Gasteiger charge is -2.56. The largest absolute Gasteiger partial charge is 0.465 e. The second kappa shape index (κ2) is 9.98. The molecule has 8 heteroatoms. The van der Waals surface area contributed by atoms with Crippen molar-refractivity contribution in [1.82, 2.24) is 10.2 Å². The molecule has 4 aliphatic carbocycles. The second-order valence-corrected chi connectivity index (χ2v) is 10.4. The summed E-state index contributed by atoms with van der Waals surface area (Å²) in [7, 11) is 0. The van der Waals surface area contributed by atoms with Gasteiger partial charge in [0, 0.05) is 19.6 Å². The van der Waals surface area contributed by atoms with Crippen LogP contribution in [0.4, 0.5) is 4.79 Å². The van der Waals surface area contributed by atoms with Crippen molar-refractivity contribution in [2.45, 2.75) is 45.1 Å². The number of aliphatic hydroxyl groups excluding tert-OH is 1. The van der Waals surface area contributed by atoms with E-state index in [9.17, 15) is 9.59 Å². The van der Waals surface area contributed by atoms with E-state index in [-0.39, 0.29) is 44.2 Å². The van der Waals surface area contributed by atoms with Gasteiger partial charge in [0.25, 0.3) is 5.91 Å². The standard InChI is InChI=1S/C24H33ClN2O5/c25-21-2-1-16(14-32-6-4-27(3-5-28)23(30)31)10-20(21)22(29)26-15-24-11-17-7-18(12-24)9-19(8-17)13-24/h1-2,10,17-19,28H,3-9,11-15H2,(H,26,29)(H,30,31). The Morgan fingerprint density at radius 3 is 2.38 bits per heavy atom. The fraction of sp³-hybridized carbons (Fsp3) is 0.667. The van der Waals surface area contributed by atoms with Crippen LogP contribution in [-0.2, 0) is 11.3 Å². The Hall–Kier alpha value is -1.83. The van der Waals surface area contributed by atoms with E-state index >= 15 is 0 Å². The highest BCUT2D eigenvalue weighted by Crippen LogP contribution is 2.59. The molecule has 5 rings (SSSR count). The fourth-order valence-electron chi connectivity index (χ4n) is 6.49. The average molecular weight is 465 g/mol. The van der Waals surface area contributed by atoms with Gasteiger partial charge < -0.3 is 25.2 Å². The molecule has 0 aromatic heterocycles. The minimum atomic E-state index is -1.09. The molecule has 0 atom stereocenters. The van der Waals surface area contributed by atoms with Crippen LogP contribution in [-0.4, -0.2) is 60.0 Å². The molecule has 4 aliphatic rings. The highest BCUT2D eigenvalue weighted by Gasteiger charge is 2.50. The molecule has 0 aliphatic heterocycles. The first-order chi connectivity index (χ1) is 15.4. The third kappa shape index (κ3) is 5.38. The predicted octanol–water partition coefficient (Wildman–Crippen LogP) is 3.78. The molecule has 4 fully saturated rings. The van der Waals surface area contributed by atoms with Crippen LogP contribution in [0.25, 0.3) is 0 Å². The molecule has 3 N–H and O–H groups in total. The summed E-state index contributed by atoms with van der Waals surface area (Å²) < 4.78 is 5.58. The quantitative estimate of drug-likeness (QED) is 0.458. The zero-order valence-electron chi connectivity index (χ0n) is 18.4. The van der Waals surface area contributed by atoms with E-state index in [1.54, 1.807) is 18.2 Å².